The molecule has 1 saturated heterocycles. The molecule has 7 heteroatoms. The normalized spacial score (nSPS) is 34.8. The van der Waals surface area contributed by atoms with E-state index in [0.29, 0.717) is 6.61 Å². The Hall–Kier alpha value is -0.820. The molecular weight excluding hydrogens is 285 g/mol. The number of likely N-dealkylation sites (N-methyl/N-ethyl adjacent to an activating group) is 1. The van der Waals surface area contributed by atoms with E-state index in [1.807, 2.05) is 0 Å². The van der Waals surface area contributed by atoms with Gasteiger partial charge in [-0.15, -0.1) is 0 Å². The smallest absolute Gasteiger partial charge is 0.377 e. The zero-order valence-electron chi connectivity index (χ0n) is 12.7. The number of fused-ring (bicyclic) bond motifs is 1. The van der Waals surface area contributed by atoms with Crippen LogP contribution in [0.5, 0.6) is 0 Å². The number of nitrogens with zero attached hydrogens (tertiary/aromatic N) is 1. The third kappa shape index (κ3) is 2.44. The van der Waals surface area contributed by atoms with Gasteiger partial charge in [0.1, 0.15) is 12.1 Å². The first-order valence-electron chi connectivity index (χ1n) is 7.32. The van der Waals surface area contributed by atoms with Crippen molar-refractivity contribution in [3.05, 3.63) is 0 Å². The van der Waals surface area contributed by atoms with Crippen LogP contribution in [-0.2, 0) is 9.53 Å². The predicted molar refractivity (Wildman–Crippen MR) is 71.5 cm³/mol. The Morgan fingerprint density at radius 3 is 2.57 bits per heavy atom. The highest BCUT2D eigenvalue weighted by molar-refractivity contribution is 5.89. The molecule has 0 bridgehead atoms. The molecule has 0 aromatic carbocycles. The Morgan fingerprint density at radius 1 is 1.43 bits per heavy atom. The SMILES string of the molecule is CCN(CC(F)(F)F)C(=O)C1(N)C2CCCOC2C1(C)C. The van der Waals surface area contributed by atoms with Crippen molar-refractivity contribution < 1.29 is 22.7 Å². The lowest BCUT2D eigenvalue weighted by molar-refractivity contribution is -0.233. The molecule has 2 aliphatic rings. The van der Waals surface area contributed by atoms with E-state index in [1.165, 1.54) is 6.92 Å². The third-order valence-corrected chi connectivity index (χ3v) is 5.08. The van der Waals surface area contributed by atoms with Crippen LogP contribution in [0.15, 0.2) is 0 Å². The van der Waals surface area contributed by atoms with Crippen molar-refractivity contribution in [3.63, 3.8) is 0 Å². The zero-order valence-corrected chi connectivity index (χ0v) is 12.7. The minimum atomic E-state index is -4.42. The Labute approximate surface area is 122 Å². The van der Waals surface area contributed by atoms with Crippen LogP contribution in [0, 0.1) is 11.3 Å². The molecule has 1 aliphatic heterocycles. The third-order valence-electron chi connectivity index (χ3n) is 5.08. The fourth-order valence-electron chi connectivity index (χ4n) is 3.82. The van der Waals surface area contributed by atoms with Crippen LogP contribution >= 0.6 is 0 Å². The van der Waals surface area contributed by atoms with Crippen LogP contribution in [0.1, 0.15) is 33.6 Å². The Kier molecular flexibility index (Phi) is 4.04. The highest BCUT2D eigenvalue weighted by Gasteiger charge is 2.71. The van der Waals surface area contributed by atoms with E-state index in [0.717, 1.165) is 17.7 Å². The summed E-state index contributed by atoms with van der Waals surface area (Å²) in [6, 6.07) is 0. The number of ether oxygens (including phenoxy) is 1. The molecule has 3 atom stereocenters. The molecule has 0 aromatic rings. The van der Waals surface area contributed by atoms with Crippen LogP contribution in [0.2, 0.25) is 0 Å². The lowest BCUT2D eigenvalue weighted by Crippen LogP contribution is -2.82. The maximum absolute atomic E-state index is 12.7. The number of hydrogen-bond acceptors (Lipinski definition) is 3. The number of amides is 1. The molecule has 0 aromatic heterocycles. The summed E-state index contributed by atoms with van der Waals surface area (Å²) in [7, 11) is 0. The molecule has 122 valence electrons. The van der Waals surface area contributed by atoms with Crippen LogP contribution in [0.4, 0.5) is 13.2 Å². The summed E-state index contributed by atoms with van der Waals surface area (Å²) in [5.74, 6) is -0.810. The summed E-state index contributed by atoms with van der Waals surface area (Å²) in [4.78, 5) is 13.5. The van der Waals surface area contributed by atoms with Crippen LogP contribution < -0.4 is 5.73 Å². The van der Waals surface area contributed by atoms with Gasteiger partial charge in [0, 0.05) is 24.5 Å². The van der Waals surface area contributed by atoms with Crippen LogP contribution in [0.25, 0.3) is 0 Å². The minimum absolute atomic E-state index is 0.00832. The summed E-state index contributed by atoms with van der Waals surface area (Å²) in [5, 5.41) is 0. The summed E-state index contributed by atoms with van der Waals surface area (Å²) < 4.78 is 43.6. The molecule has 1 heterocycles. The molecule has 21 heavy (non-hydrogen) atoms. The highest BCUT2D eigenvalue weighted by Crippen LogP contribution is 2.58. The fraction of sp³-hybridized carbons (Fsp3) is 0.929. The van der Waals surface area contributed by atoms with Gasteiger partial charge in [-0.1, -0.05) is 13.8 Å². The summed E-state index contributed by atoms with van der Waals surface area (Å²) in [5.41, 5.74) is 4.40. The molecule has 0 spiro atoms. The van der Waals surface area contributed by atoms with E-state index < -0.39 is 29.6 Å². The number of halogens is 3. The van der Waals surface area contributed by atoms with E-state index in [2.05, 4.69) is 0 Å². The van der Waals surface area contributed by atoms with Crippen molar-refractivity contribution in [2.24, 2.45) is 17.1 Å². The molecule has 2 N–H and O–H groups in total. The Balaban J connectivity index is 2.23. The molecule has 1 amide bonds. The zero-order chi connectivity index (χ0) is 16.1. The summed E-state index contributed by atoms with van der Waals surface area (Å²) in [6.07, 6.45) is -3.06. The fourth-order valence-corrected chi connectivity index (χ4v) is 3.82. The van der Waals surface area contributed by atoms with Crippen molar-refractivity contribution in [3.8, 4) is 0 Å². The Bertz CT molecular complexity index is 425. The van der Waals surface area contributed by atoms with Gasteiger partial charge in [-0.2, -0.15) is 13.2 Å². The average molecular weight is 308 g/mol. The number of rotatable bonds is 3. The summed E-state index contributed by atoms with van der Waals surface area (Å²) in [6.45, 7) is 4.50. The van der Waals surface area contributed by atoms with Gasteiger partial charge in [0.2, 0.25) is 5.91 Å². The van der Waals surface area contributed by atoms with E-state index >= 15 is 0 Å². The van der Waals surface area contributed by atoms with Gasteiger partial charge in [0.05, 0.1) is 6.10 Å². The monoisotopic (exact) mass is 308 g/mol. The average Bonchev–Trinajstić information content (AvgIpc) is 2.42. The van der Waals surface area contributed by atoms with Crippen LogP contribution in [-0.4, -0.2) is 48.3 Å². The van der Waals surface area contributed by atoms with Crippen molar-refractivity contribution >= 4 is 5.91 Å². The second-order valence-electron chi connectivity index (χ2n) is 6.57. The van der Waals surface area contributed by atoms with E-state index in [-0.39, 0.29) is 18.6 Å². The quantitative estimate of drug-likeness (QED) is 0.867. The van der Waals surface area contributed by atoms with Gasteiger partial charge in [-0.05, 0) is 19.8 Å². The topological polar surface area (TPSA) is 55.6 Å². The van der Waals surface area contributed by atoms with Gasteiger partial charge >= 0.3 is 6.18 Å². The van der Waals surface area contributed by atoms with Crippen molar-refractivity contribution in [2.75, 3.05) is 19.7 Å². The second kappa shape index (κ2) is 5.12. The maximum Gasteiger partial charge on any atom is 0.406 e. The first-order valence-corrected chi connectivity index (χ1v) is 7.32. The van der Waals surface area contributed by atoms with E-state index in [9.17, 15) is 18.0 Å². The molecule has 4 nitrogen and oxygen atoms in total. The van der Waals surface area contributed by atoms with Crippen molar-refractivity contribution in [1.29, 1.82) is 0 Å². The first-order chi connectivity index (χ1) is 9.55. The lowest BCUT2D eigenvalue weighted by Gasteiger charge is -2.65. The number of alkyl halides is 3. The largest absolute Gasteiger partial charge is 0.406 e. The molecular formula is C14H23F3N2O2. The molecule has 1 saturated carbocycles. The van der Waals surface area contributed by atoms with Gasteiger partial charge in [0.25, 0.3) is 0 Å². The molecule has 3 unspecified atom stereocenters. The van der Waals surface area contributed by atoms with Gasteiger partial charge < -0.3 is 15.4 Å². The minimum Gasteiger partial charge on any atom is -0.377 e. The van der Waals surface area contributed by atoms with E-state index in [1.54, 1.807) is 13.8 Å². The van der Waals surface area contributed by atoms with E-state index in [4.69, 9.17) is 10.5 Å². The number of carbonyl (C=O) groups is 1. The molecule has 0 radical (unpaired) electrons. The van der Waals surface area contributed by atoms with Crippen LogP contribution in [0.3, 0.4) is 0 Å². The highest BCUT2D eigenvalue weighted by atomic mass is 19.4. The number of nitrogens with two attached hydrogens (primary N) is 1. The number of carbonyl (C=O) groups excluding carboxylic acids is 1. The van der Waals surface area contributed by atoms with Gasteiger partial charge in [-0.25, -0.2) is 0 Å². The first kappa shape index (κ1) is 16.5. The Morgan fingerprint density at radius 2 is 2.05 bits per heavy atom. The van der Waals surface area contributed by atoms with Crippen molar-refractivity contribution in [1.82, 2.24) is 4.90 Å². The standard InChI is InChI=1S/C14H23F3N2O2/c1-4-19(8-13(15,16)17)11(20)14(18)9-6-5-7-21-10(9)12(14,2)3/h9-10H,4-8,18H2,1-3H3. The second-order valence-corrected chi connectivity index (χ2v) is 6.57. The van der Waals surface area contributed by atoms with Crippen molar-refractivity contribution in [2.45, 2.75) is 51.4 Å². The lowest BCUT2D eigenvalue weighted by atomic mass is 9.46. The van der Waals surface area contributed by atoms with Gasteiger partial charge in [0.15, 0.2) is 0 Å². The summed E-state index contributed by atoms with van der Waals surface area (Å²) >= 11 is 0. The molecule has 1 aliphatic carbocycles. The molecule has 2 rings (SSSR count). The maximum atomic E-state index is 12.7. The number of hydrogen-bond donors (Lipinski definition) is 1. The van der Waals surface area contributed by atoms with Gasteiger partial charge in [-0.3, -0.25) is 4.79 Å². The predicted octanol–water partition coefficient (Wildman–Crippen LogP) is 1.93. The molecule has 2 fully saturated rings.